The summed E-state index contributed by atoms with van der Waals surface area (Å²) < 4.78 is 4.90. The van der Waals surface area contributed by atoms with E-state index in [1.54, 1.807) is 13.8 Å². The molecule has 0 saturated heterocycles. The molecule has 0 amide bonds. The van der Waals surface area contributed by atoms with Crippen LogP contribution in [0, 0.1) is 0 Å². The number of esters is 1. The van der Waals surface area contributed by atoms with E-state index in [1.807, 2.05) is 48.5 Å². The lowest BCUT2D eigenvalue weighted by Crippen LogP contribution is -2.47. The molecule has 0 spiro atoms. The van der Waals surface area contributed by atoms with Gasteiger partial charge in [-0.05, 0) is 49.1 Å². The second-order valence-corrected chi connectivity index (χ2v) is 6.38. The minimum Gasteiger partial charge on any atom is -0.480 e. The maximum atomic E-state index is 11.7. The van der Waals surface area contributed by atoms with Gasteiger partial charge < -0.3 is 9.84 Å². The number of carboxylic acid groups (broad SMARTS) is 1. The van der Waals surface area contributed by atoms with Gasteiger partial charge in [-0.2, -0.15) is 0 Å². The van der Waals surface area contributed by atoms with Gasteiger partial charge in [0.05, 0.1) is 6.61 Å². The van der Waals surface area contributed by atoms with Crippen molar-refractivity contribution in [1.29, 1.82) is 0 Å². The molecule has 5 nitrogen and oxygen atoms in total. The van der Waals surface area contributed by atoms with Gasteiger partial charge in [0, 0.05) is 5.02 Å². The Balaban J connectivity index is 2.07. The zero-order valence-corrected chi connectivity index (χ0v) is 15.5. The van der Waals surface area contributed by atoms with Crippen molar-refractivity contribution in [3.05, 3.63) is 59.1 Å². The van der Waals surface area contributed by atoms with E-state index >= 15 is 0 Å². The molecule has 0 aromatic heterocycles. The molecule has 2 unspecified atom stereocenters. The molecular weight excluding hydrogens is 354 g/mol. The van der Waals surface area contributed by atoms with E-state index in [9.17, 15) is 14.7 Å². The van der Waals surface area contributed by atoms with Crippen molar-refractivity contribution >= 4 is 23.5 Å². The van der Waals surface area contributed by atoms with Crippen LogP contribution in [0.4, 0.5) is 0 Å². The average Bonchev–Trinajstić information content (AvgIpc) is 2.61. The maximum Gasteiger partial charge on any atom is 0.322 e. The molecule has 6 heteroatoms. The topological polar surface area (TPSA) is 75.6 Å². The van der Waals surface area contributed by atoms with Crippen LogP contribution in [0.1, 0.15) is 19.4 Å². The highest BCUT2D eigenvalue weighted by Crippen LogP contribution is 2.23. The Morgan fingerprint density at radius 3 is 2.42 bits per heavy atom. The third-order valence-electron chi connectivity index (χ3n) is 3.94. The molecule has 0 saturated carbocycles. The van der Waals surface area contributed by atoms with Crippen molar-refractivity contribution in [2.45, 2.75) is 32.4 Å². The Hall–Kier alpha value is -2.37. The predicted molar refractivity (Wildman–Crippen MR) is 101 cm³/mol. The number of carboxylic acids is 1. The number of benzene rings is 2. The minimum absolute atomic E-state index is 0.257. The third-order valence-corrected chi connectivity index (χ3v) is 4.18. The van der Waals surface area contributed by atoms with E-state index in [4.69, 9.17) is 16.3 Å². The van der Waals surface area contributed by atoms with Crippen molar-refractivity contribution in [3.63, 3.8) is 0 Å². The van der Waals surface area contributed by atoms with Crippen molar-refractivity contribution < 1.29 is 19.4 Å². The lowest BCUT2D eigenvalue weighted by Gasteiger charge is -2.19. The lowest BCUT2D eigenvalue weighted by molar-refractivity contribution is -0.146. The molecule has 0 aliphatic heterocycles. The van der Waals surface area contributed by atoms with Crippen LogP contribution >= 0.6 is 11.6 Å². The first kappa shape index (κ1) is 19.9. The summed E-state index contributed by atoms with van der Waals surface area (Å²) in [6.07, 6.45) is 0.259. The van der Waals surface area contributed by atoms with Gasteiger partial charge in [-0.1, -0.05) is 48.0 Å². The molecule has 0 radical (unpaired) electrons. The first-order chi connectivity index (χ1) is 12.4. The zero-order valence-electron chi connectivity index (χ0n) is 14.7. The predicted octanol–water partition coefficient (Wildman–Crippen LogP) is 3.54. The first-order valence-corrected chi connectivity index (χ1v) is 8.79. The normalized spacial score (nSPS) is 13.0. The molecule has 0 heterocycles. The SMILES string of the molecule is CCOC(=O)C(C)NC(Cc1ccc(-c2cccc(Cl)c2)cc1)C(=O)O. The van der Waals surface area contributed by atoms with Crippen LogP contribution in [0.3, 0.4) is 0 Å². The molecule has 26 heavy (non-hydrogen) atoms. The van der Waals surface area contributed by atoms with E-state index in [1.165, 1.54) is 0 Å². The summed E-state index contributed by atoms with van der Waals surface area (Å²) in [4.78, 5) is 23.2. The van der Waals surface area contributed by atoms with Gasteiger partial charge in [0.2, 0.25) is 0 Å². The summed E-state index contributed by atoms with van der Waals surface area (Å²) in [6, 6.07) is 13.6. The van der Waals surface area contributed by atoms with Crippen LogP contribution in [0.15, 0.2) is 48.5 Å². The molecule has 2 rings (SSSR count). The monoisotopic (exact) mass is 375 g/mol. The summed E-state index contributed by atoms with van der Waals surface area (Å²) in [5, 5.41) is 12.9. The Labute approximate surface area is 157 Å². The highest BCUT2D eigenvalue weighted by molar-refractivity contribution is 6.30. The molecule has 0 aliphatic rings. The average molecular weight is 376 g/mol. The number of hydrogen-bond donors (Lipinski definition) is 2. The van der Waals surface area contributed by atoms with Crippen LogP contribution in [0.2, 0.25) is 5.02 Å². The zero-order chi connectivity index (χ0) is 19.1. The van der Waals surface area contributed by atoms with Gasteiger partial charge in [-0.25, -0.2) is 0 Å². The molecule has 2 N–H and O–H groups in total. The third kappa shape index (κ3) is 5.58. The van der Waals surface area contributed by atoms with Gasteiger partial charge in [0.15, 0.2) is 0 Å². The van der Waals surface area contributed by atoms with Crippen LogP contribution < -0.4 is 5.32 Å². The van der Waals surface area contributed by atoms with E-state index in [0.717, 1.165) is 16.7 Å². The van der Waals surface area contributed by atoms with Crippen LogP contribution in [0.25, 0.3) is 11.1 Å². The van der Waals surface area contributed by atoms with Crippen LogP contribution in [0.5, 0.6) is 0 Å². The highest BCUT2D eigenvalue weighted by atomic mass is 35.5. The number of carbonyl (C=O) groups excluding carboxylic acids is 1. The fraction of sp³-hybridized carbons (Fsp3) is 0.300. The quantitative estimate of drug-likeness (QED) is 0.690. The van der Waals surface area contributed by atoms with E-state index in [2.05, 4.69) is 5.32 Å². The molecule has 0 fully saturated rings. The van der Waals surface area contributed by atoms with Gasteiger partial charge in [0.25, 0.3) is 0 Å². The fourth-order valence-electron chi connectivity index (χ4n) is 2.59. The van der Waals surface area contributed by atoms with Crippen LogP contribution in [-0.4, -0.2) is 35.7 Å². The molecular formula is C20H22ClNO4. The highest BCUT2D eigenvalue weighted by Gasteiger charge is 2.24. The lowest BCUT2D eigenvalue weighted by atomic mass is 10.0. The number of carbonyl (C=O) groups is 2. The van der Waals surface area contributed by atoms with Crippen molar-refractivity contribution in [1.82, 2.24) is 5.32 Å². The standard InChI is InChI=1S/C20H22ClNO4/c1-3-26-20(25)13(2)22-18(19(23)24)11-14-7-9-15(10-8-14)16-5-4-6-17(21)12-16/h4-10,12-13,18,22H,3,11H2,1-2H3,(H,23,24). The molecule has 2 aromatic carbocycles. The number of ether oxygens (including phenoxy) is 1. The summed E-state index contributed by atoms with van der Waals surface area (Å²) in [5.41, 5.74) is 2.84. The number of hydrogen-bond acceptors (Lipinski definition) is 4. The summed E-state index contributed by atoms with van der Waals surface area (Å²) in [7, 11) is 0. The van der Waals surface area contributed by atoms with Gasteiger partial charge >= 0.3 is 11.9 Å². The Kier molecular flexibility index (Phi) is 7.18. The molecule has 0 bridgehead atoms. The second-order valence-electron chi connectivity index (χ2n) is 5.94. The largest absolute Gasteiger partial charge is 0.480 e. The van der Waals surface area contributed by atoms with Gasteiger partial charge in [-0.15, -0.1) is 0 Å². The summed E-state index contributed by atoms with van der Waals surface area (Å²) in [5.74, 6) is -1.48. The molecule has 0 aliphatic carbocycles. The van der Waals surface area contributed by atoms with Gasteiger partial charge in [-0.3, -0.25) is 14.9 Å². The minimum atomic E-state index is -1.01. The molecule has 2 atom stereocenters. The first-order valence-electron chi connectivity index (χ1n) is 8.41. The van der Waals surface area contributed by atoms with E-state index in [0.29, 0.717) is 5.02 Å². The van der Waals surface area contributed by atoms with E-state index in [-0.39, 0.29) is 13.0 Å². The molecule has 2 aromatic rings. The second kappa shape index (κ2) is 9.36. The van der Waals surface area contributed by atoms with Crippen molar-refractivity contribution in [2.24, 2.45) is 0 Å². The van der Waals surface area contributed by atoms with Crippen molar-refractivity contribution in [3.8, 4) is 11.1 Å². The van der Waals surface area contributed by atoms with Crippen LogP contribution in [-0.2, 0) is 20.7 Å². The smallest absolute Gasteiger partial charge is 0.322 e. The number of aliphatic carboxylic acids is 1. The number of halogens is 1. The fourth-order valence-corrected chi connectivity index (χ4v) is 2.78. The Bertz CT molecular complexity index is 761. The molecule has 138 valence electrons. The summed E-state index contributed by atoms with van der Waals surface area (Å²) in [6.45, 7) is 3.56. The van der Waals surface area contributed by atoms with Gasteiger partial charge in [0.1, 0.15) is 12.1 Å². The number of nitrogens with one attached hydrogen (secondary N) is 1. The Morgan fingerprint density at radius 2 is 1.85 bits per heavy atom. The Morgan fingerprint density at radius 1 is 1.15 bits per heavy atom. The summed E-state index contributed by atoms with van der Waals surface area (Å²) >= 11 is 6.01. The maximum absolute atomic E-state index is 11.7. The number of rotatable bonds is 8. The van der Waals surface area contributed by atoms with Crippen molar-refractivity contribution in [2.75, 3.05) is 6.61 Å². The van der Waals surface area contributed by atoms with E-state index < -0.39 is 24.0 Å².